The van der Waals surface area contributed by atoms with Gasteiger partial charge in [0.25, 0.3) is 5.91 Å². The van der Waals surface area contributed by atoms with Crippen molar-refractivity contribution in [1.29, 1.82) is 0 Å². The van der Waals surface area contributed by atoms with Crippen LogP contribution in [0.5, 0.6) is 5.75 Å². The number of amides is 2. The zero-order valence-electron chi connectivity index (χ0n) is 17.6. The summed E-state index contributed by atoms with van der Waals surface area (Å²) in [6, 6.07) is 17.2. The maximum Gasteiger partial charge on any atom is 0.255 e. The Morgan fingerprint density at radius 2 is 1.90 bits per heavy atom. The molecule has 2 amide bonds. The third kappa shape index (κ3) is 4.60. The van der Waals surface area contributed by atoms with E-state index in [0.29, 0.717) is 42.9 Å². The van der Waals surface area contributed by atoms with E-state index in [1.54, 1.807) is 18.0 Å². The molecule has 0 atom stereocenters. The summed E-state index contributed by atoms with van der Waals surface area (Å²) in [5.74, 6) is 0.659. The lowest BCUT2D eigenvalue weighted by Gasteiger charge is -2.15. The zero-order chi connectivity index (χ0) is 21.6. The Morgan fingerprint density at radius 1 is 1.13 bits per heavy atom. The average Bonchev–Trinajstić information content (AvgIpc) is 3.43. The Balaban J connectivity index is 1.55. The van der Waals surface area contributed by atoms with E-state index in [0.717, 1.165) is 24.2 Å². The first kappa shape index (κ1) is 20.7. The van der Waals surface area contributed by atoms with Crippen LogP contribution in [0.25, 0.3) is 16.9 Å². The largest absolute Gasteiger partial charge is 0.496 e. The second kappa shape index (κ2) is 9.47. The molecule has 1 fully saturated rings. The first-order valence-electron chi connectivity index (χ1n) is 10.5. The van der Waals surface area contributed by atoms with Crippen molar-refractivity contribution in [2.45, 2.75) is 19.3 Å². The van der Waals surface area contributed by atoms with Crippen molar-refractivity contribution in [2.24, 2.45) is 0 Å². The van der Waals surface area contributed by atoms with Gasteiger partial charge in [0.15, 0.2) is 0 Å². The molecule has 0 aliphatic carbocycles. The van der Waals surface area contributed by atoms with Crippen LogP contribution >= 0.6 is 0 Å². The lowest BCUT2D eigenvalue weighted by molar-refractivity contribution is -0.127. The predicted octanol–water partition coefficient (Wildman–Crippen LogP) is 3.29. The van der Waals surface area contributed by atoms with Crippen molar-refractivity contribution in [3.8, 4) is 22.7 Å². The number of hydrogen-bond donors (Lipinski definition) is 1. The van der Waals surface area contributed by atoms with Gasteiger partial charge in [0.05, 0.1) is 18.4 Å². The number of aromatic nitrogens is 2. The summed E-state index contributed by atoms with van der Waals surface area (Å²) in [7, 11) is 1.60. The van der Waals surface area contributed by atoms with Crippen molar-refractivity contribution in [3.63, 3.8) is 0 Å². The van der Waals surface area contributed by atoms with Gasteiger partial charge >= 0.3 is 0 Å². The van der Waals surface area contributed by atoms with Gasteiger partial charge in [-0.2, -0.15) is 5.10 Å². The van der Waals surface area contributed by atoms with Crippen LogP contribution in [0.2, 0.25) is 0 Å². The quantitative estimate of drug-likeness (QED) is 0.570. The standard InChI is InChI=1S/C24H26N4O3/c1-31-21-12-6-5-11-19(21)23-20(17-28(26-23)18-9-3-2-4-10-18)24(30)25-14-8-16-27-15-7-13-22(27)29/h2-6,9-12,17H,7-8,13-16H2,1H3,(H,25,30). The summed E-state index contributed by atoms with van der Waals surface area (Å²) >= 11 is 0. The average molecular weight is 418 g/mol. The third-order valence-electron chi connectivity index (χ3n) is 5.40. The van der Waals surface area contributed by atoms with Gasteiger partial charge in [0, 0.05) is 37.8 Å². The number of nitrogens with one attached hydrogen (secondary N) is 1. The van der Waals surface area contributed by atoms with E-state index in [-0.39, 0.29) is 11.8 Å². The summed E-state index contributed by atoms with van der Waals surface area (Å²) in [5.41, 5.74) is 2.66. The van der Waals surface area contributed by atoms with E-state index in [4.69, 9.17) is 9.84 Å². The number of benzene rings is 2. The number of carbonyl (C=O) groups excluding carboxylic acids is 2. The highest BCUT2D eigenvalue weighted by atomic mass is 16.5. The number of carbonyl (C=O) groups is 2. The van der Waals surface area contributed by atoms with Gasteiger partial charge < -0.3 is 15.0 Å². The predicted molar refractivity (Wildman–Crippen MR) is 118 cm³/mol. The molecule has 0 unspecified atom stereocenters. The Morgan fingerprint density at radius 3 is 2.65 bits per heavy atom. The summed E-state index contributed by atoms with van der Waals surface area (Å²) in [5, 5.41) is 7.68. The van der Waals surface area contributed by atoms with Gasteiger partial charge in [0.2, 0.25) is 5.91 Å². The molecule has 160 valence electrons. The number of ether oxygens (including phenoxy) is 1. The molecule has 1 aliphatic heterocycles. The molecule has 7 heteroatoms. The summed E-state index contributed by atoms with van der Waals surface area (Å²) < 4.78 is 7.20. The number of nitrogens with zero attached hydrogens (tertiary/aromatic N) is 3. The molecule has 4 rings (SSSR count). The number of para-hydroxylation sites is 2. The summed E-state index contributed by atoms with van der Waals surface area (Å²) in [6.45, 7) is 1.97. The molecule has 1 N–H and O–H groups in total. The molecule has 1 saturated heterocycles. The van der Waals surface area contributed by atoms with Crippen molar-refractivity contribution in [3.05, 3.63) is 66.4 Å². The fourth-order valence-corrected chi connectivity index (χ4v) is 3.80. The minimum atomic E-state index is -0.198. The SMILES string of the molecule is COc1ccccc1-c1nn(-c2ccccc2)cc1C(=O)NCCCN1CCCC1=O. The van der Waals surface area contributed by atoms with Crippen molar-refractivity contribution in [2.75, 3.05) is 26.7 Å². The highest BCUT2D eigenvalue weighted by Crippen LogP contribution is 2.31. The van der Waals surface area contributed by atoms with Crippen LogP contribution in [0.15, 0.2) is 60.8 Å². The monoisotopic (exact) mass is 418 g/mol. The van der Waals surface area contributed by atoms with Gasteiger partial charge in [-0.15, -0.1) is 0 Å². The molecule has 0 radical (unpaired) electrons. The van der Waals surface area contributed by atoms with Gasteiger partial charge in [0.1, 0.15) is 11.4 Å². The van der Waals surface area contributed by atoms with Gasteiger partial charge in [-0.1, -0.05) is 30.3 Å². The molecule has 0 spiro atoms. The molecule has 0 saturated carbocycles. The van der Waals surface area contributed by atoms with Gasteiger partial charge in [-0.05, 0) is 37.1 Å². The highest BCUT2D eigenvalue weighted by molar-refractivity contribution is 6.00. The minimum Gasteiger partial charge on any atom is -0.496 e. The smallest absolute Gasteiger partial charge is 0.255 e. The Labute approximate surface area is 181 Å². The molecule has 0 bridgehead atoms. The van der Waals surface area contributed by atoms with E-state index in [9.17, 15) is 9.59 Å². The Hall–Kier alpha value is -3.61. The maximum atomic E-state index is 13.1. The van der Waals surface area contributed by atoms with Crippen LogP contribution in [0.4, 0.5) is 0 Å². The highest BCUT2D eigenvalue weighted by Gasteiger charge is 2.22. The van der Waals surface area contributed by atoms with Gasteiger partial charge in [-0.25, -0.2) is 4.68 Å². The van der Waals surface area contributed by atoms with E-state index >= 15 is 0 Å². The van der Waals surface area contributed by atoms with E-state index in [1.807, 2.05) is 59.5 Å². The van der Waals surface area contributed by atoms with Crippen LogP contribution in [-0.2, 0) is 4.79 Å². The normalized spacial score (nSPS) is 13.5. The van der Waals surface area contributed by atoms with Crippen LogP contribution < -0.4 is 10.1 Å². The minimum absolute atomic E-state index is 0.198. The molecule has 3 aromatic rings. The van der Waals surface area contributed by atoms with E-state index in [1.165, 1.54) is 0 Å². The number of likely N-dealkylation sites (tertiary alicyclic amines) is 1. The summed E-state index contributed by atoms with van der Waals surface area (Å²) in [6.07, 6.45) is 4.02. The lowest BCUT2D eigenvalue weighted by Crippen LogP contribution is -2.30. The molecule has 2 heterocycles. The second-order valence-corrected chi connectivity index (χ2v) is 7.47. The summed E-state index contributed by atoms with van der Waals surface area (Å²) in [4.78, 5) is 26.7. The van der Waals surface area contributed by atoms with E-state index in [2.05, 4.69) is 5.32 Å². The Kier molecular flexibility index (Phi) is 6.31. The van der Waals surface area contributed by atoms with Crippen LogP contribution in [0.3, 0.4) is 0 Å². The molecule has 7 nitrogen and oxygen atoms in total. The van der Waals surface area contributed by atoms with Crippen molar-refractivity contribution < 1.29 is 14.3 Å². The van der Waals surface area contributed by atoms with Crippen LogP contribution in [0.1, 0.15) is 29.6 Å². The number of methoxy groups -OCH3 is 1. The first-order chi connectivity index (χ1) is 15.2. The fraction of sp³-hybridized carbons (Fsp3) is 0.292. The van der Waals surface area contributed by atoms with Crippen molar-refractivity contribution in [1.82, 2.24) is 20.0 Å². The second-order valence-electron chi connectivity index (χ2n) is 7.47. The molecule has 1 aliphatic rings. The van der Waals surface area contributed by atoms with E-state index < -0.39 is 0 Å². The van der Waals surface area contributed by atoms with Crippen LogP contribution in [-0.4, -0.2) is 53.2 Å². The number of rotatable bonds is 8. The van der Waals surface area contributed by atoms with Crippen molar-refractivity contribution >= 4 is 11.8 Å². The third-order valence-corrected chi connectivity index (χ3v) is 5.40. The topological polar surface area (TPSA) is 76.5 Å². The molecular weight excluding hydrogens is 392 g/mol. The molecule has 31 heavy (non-hydrogen) atoms. The zero-order valence-corrected chi connectivity index (χ0v) is 17.6. The molecule has 1 aromatic heterocycles. The maximum absolute atomic E-state index is 13.1. The Bertz CT molecular complexity index is 1060. The molecular formula is C24H26N4O3. The van der Waals surface area contributed by atoms with Crippen LogP contribution in [0, 0.1) is 0 Å². The fourth-order valence-electron chi connectivity index (χ4n) is 3.80. The first-order valence-corrected chi connectivity index (χ1v) is 10.5. The molecule has 2 aromatic carbocycles. The number of hydrogen-bond acceptors (Lipinski definition) is 4. The lowest BCUT2D eigenvalue weighted by atomic mass is 10.1. The van der Waals surface area contributed by atoms with Gasteiger partial charge in [-0.3, -0.25) is 9.59 Å².